The number of benzene rings is 2. The van der Waals surface area contributed by atoms with Crippen molar-refractivity contribution in [2.24, 2.45) is 0 Å². The zero-order chi connectivity index (χ0) is 17.0. The van der Waals surface area contributed by atoms with Gasteiger partial charge in [0, 0.05) is 11.6 Å². The highest BCUT2D eigenvalue weighted by molar-refractivity contribution is 7.88. The molecule has 0 aliphatic carbocycles. The average molecular weight is 336 g/mol. The molecule has 0 saturated carbocycles. The molecule has 9 heteroatoms. The molecular weight excluding hydrogens is 324 g/mol. The van der Waals surface area contributed by atoms with Gasteiger partial charge in [0.1, 0.15) is 0 Å². The minimum atomic E-state index is -4.35. The van der Waals surface area contributed by atoms with E-state index in [-0.39, 0.29) is 11.5 Å². The number of carbonyl (C=O) groups is 1. The normalized spacial score (nSPS) is 10.8. The summed E-state index contributed by atoms with van der Waals surface area (Å²) in [5, 5.41) is 10.9. The van der Waals surface area contributed by atoms with Crippen LogP contribution in [0.5, 0.6) is 5.75 Å². The van der Waals surface area contributed by atoms with E-state index in [0.717, 1.165) is 6.07 Å². The molecule has 0 saturated heterocycles. The maximum Gasteiger partial charge on any atom is 0.407 e. The van der Waals surface area contributed by atoms with Gasteiger partial charge in [0.25, 0.3) is 0 Å². The van der Waals surface area contributed by atoms with Gasteiger partial charge < -0.3 is 4.18 Å². The third-order valence-electron chi connectivity index (χ3n) is 2.77. The van der Waals surface area contributed by atoms with Crippen molar-refractivity contribution in [1.29, 1.82) is 0 Å². The van der Waals surface area contributed by atoms with E-state index in [1.165, 1.54) is 49.4 Å². The first-order valence-electron chi connectivity index (χ1n) is 6.35. The second-order valence-corrected chi connectivity index (χ2v) is 5.78. The van der Waals surface area contributed by atoms with Gasteiger partial charge in [-0.1, -0.05) is 24.3 Å². The highest BCUT2D eigenvalue weighted by atomic mass is 32.2. The minimum absolute atomic E-state index is 0.108. The number of Topliss-reactive ketones (excluding diaryl/α,β-unsaturated/α-hetero) is 1. The van der Waals surface area contributed by atoms with E-state index >= 15 is 0 Å². The number of para-hydroxylation sites is 2. The summed E-state index contributed by atoms with van der Waals surface area (Å²) in [5.74, 6) is -0.640. The Hall–Kier alpha value is -2.94. The summed E-state index contributed by atoms with van der Waals surface area (Å²) in [7, 11) is -4.35. The molecule has 2 aromatic carbocycles. The van der Waals surface area contributed by atoms with Crippen LogP contribution < -0.4 is 8.91 Å². The number of nitro groups is 1. The van der Waals surface area contributed by atoms with Gasteiger partial charge >= 0.3 is 16.0 Å². The van der Waals surface area contributed by atoms with Crippen molar-refractivity contribution in [3.05, 3.63) is 64.2 Å². The highest BCUT2D eigenvalue weighted by Gasteiger charge is 2.21. The average Bonchev–Trinajstić information content (AvgIpc) is 2.46. The predicted molar refractivity (Wildman–Crippen MR) is 82.7 cm³/mol. The van der Waals surface area contributed by atoms with Crippen molar-refractivity contribution in [2.75, 3.05) is 4.72 Å². The number of hydrogen-bond acceptors (Lipinski definition) is 6. The molecule has 0 aliphatic rings. The minimum Gasteiger partial charge on any atom is -0.359 e. The van der Waals surface area contributed by atoms with Gasteiger partial charge in [-0.3, -0.25) is 19.6 Å². The number of nitro benzene ring substituents is 1. The van der Waals surface area contributed by atoms with Crippen LogP contribution in [-0.4, -0.2) is 19.1 Å². The van der Waals surface area contributed by atoms with Crippen molar-refractivity contribution in [3.8, 4) is 5.75 Å². The van der Waals surface area contributed by atoms with Gasteiger partial charge in [0.15, 0.2) is 5.78 Å². The molecule has 0 fully saturated rings. The quantitative estimate of drug-likeness (QED) is 0.492. The molecule has 0 amide bonds. The Kier molecular flexibility index (Phi) is 4.60. The number of rotatable bonds is 6. The largest absolute Gasteiger partial charge is 0.407 e. The van der Waals surface area contributed by atoms with E-state index in [0.29, 0.717) is 5.56 Å². The van der Waals surface area contributed by atoms with Gasteiger partial charge in [-0.25, -0.2) is 0 Å². The van der Waals surface area contributed by atoms with Crippen LogP contribution in [0, 0.1) is 10.1 Å². The van der Waals surface area contributed by atoms with Crippen LogP contribution in [0.3, 0.4) is 0 Å². The fourth-order valence-corrected chi connectivity index (χ4v) is 2.60. The van der Waals surface area contributed by atoms with Crippen molar-refractivity contribution in [1.82, 2.24) is 0 Å². The Morgan fingerprint density at radius 1 is 1.17 bits per heavy atom. The molecule has 2 rings (SSSR count). The Balaban J connectivity index is 2.25. The zero-order valence-corrected chi connectivity index (χ0v) is 12.7. The van der Waals surface area contributed by atoms with Crippen LogP contribution >= 0.6 is 0 Å². The summed E-state index contributed by atoms with van der Waals surface area (Å²) < 4.78 is 30.8. The van der Waals surface area contributed by atoms with Crippen LogP contribution in [0.4, 0.5) is 11.4 Å². The van der Waals surface area contributed by atoms with Gasteiger partial charge in [-0.2, -0.15) is 8.42 Å². The van der Waals surface area contributed by atoms with E-state index in [9.17, 15) is 23.3 Å². The number of nitrogens with one attached hydrogen (secondary N) is 1. The molecule has 120 valence electrons. The van der Waals surface area contributed by atoms with Gasteiger partial charge in [-0.05, 0) is 25.1 Å². The van der Waals surface area contributed by atoms with E-state index in [2.05, 4.69) is 4.72 Å². The first-order chi connectivity index (χ1) is 10.8. The van der Waals surface area contributed by atoms with Crippen LogP contribution in [0.15, 0.2) is 48.5 Å². The van der Waals surface area contributed by atoms with Crippen LogP contribution in [0.2, 0.25) is 0 Å². The van der Waals surface area contributed by atoms with Crippen molar-refractivity contribution in [2.45, 2.75) is 6.92 Å². The fourth-order valence-electron chi connectivity index (χ4n) is 1.76. The second kappa shape index (κ2) is 6.44. The van der Waals surface area contributed by atoms with E-state index < -0.39 is 26.7 Å². The molecular formula is C14H12N2O6S. The molecule has 2 aromatic rings. The lowest BCUT2D eigenvalue weighted by Crippen LogP contribution is -2.19. The fraction of sp³-hybridized carbons (Fsp3) is 0.0714. The topological polar surface area (TPSA) is 116 Å². The SMILES string of the molecule is CC(=O)c1cccc(NS(=O)(=O)Oc2ccccc2[N+](=O)[O-])c1. The predicted octanol–water partition coefficient (Wildman–Crippen LogP) is 2.53. The van der Waals surface area contributed by atoms with Gasteiger partial charge in [0.05, 0.1) is 10.6 Å². The maximum atomic E-state index is 12.0. The monoisotopic (exact) mass is 336 g/mol. The number of hydrogen-bond donors (Lipinski definition) is 1. The Bertz CT molecular complexity index is 863. The molecule has 0 unspecified atom stereocenters. The summed E-state index contributed by atoms with van der Waals surface area (Å²) in [5.41, 5.74) is -0.0532. The summed E-state index contributed by atoms with van der Waals surface area (Å²) >= 11 is 0. The smallest absolute Gasteiger partial charge is 0.359 e. The first kappa shape index (κ1) is 16.4. The van der Waals surface area contributed by atoms with Crippen molar-refractivity contribution in [3.63, 3.8) is 0 Å². The van der Waals surface area contributed by atoms with Crippen LogP contribution in [-0.2, 0) is 10.3 Å². The molecule has 0 heterocycles. The Labute approximate surface area is 132 Å². The molecule has 0 atom stereocenters. The summed E-state index contributed by atoms with van der Waals surface area (Å²) in [6.07, 6.45) is 0. The highest BCUT2D eigenvalue weighted by Crippen LogP contribution is 2.27. The van der Waals surface area contributed by atoms with Gasteiger partial charge in [0.2, 0.25) is 5.75 Å². The Morgan fingerprint density at radius 2 is 1.87 bits per heavy atom. The zero-order valence-electron chi connectivity index (χ0n) is 11.9. The molecule has 0 spiro atoms. The summed E-state index contributed by atoms with van der Waals surface area (Å²) in [6, 6.07) is 10.9. The van der Waals surface area contributed by atoms with Crippen molar-refractivity contribution >= 4 is 27.5 Å². The molecule has 1 N–H and O–H groups in total. The molecule has 23 heavy (non-hydrogen) atoms. The molecule has 0 aromatic heterocycles. The van der Waals surface area contributed by atoms with E-state index in [4.69, 9.17) is 4.18 Å². The number of nitrogens with zero attached hydrogens (tertiary/aromatic N) is 1. The number of anilines is 1. The van der Waals surface area contributed by atoms with E-state index in [1.54, 1.807) is 0 Å². The lowest BCUT2D eigenvalue weighted by molar-refractivity contribution is -0.385. The van der Waals surface area contributed by atoms with Gasteiger partial charge in [-0.15, -0.1) is 0 Å². The lowest BCUT2D eigenvalue weighted by Gasteiger charge is -2.09. The summed E-state index contributed by atoms with van der Waals surface area (Å²) in [4.78, 5) is 21.4. The lowest BCUT2D eigenvalue weighted by atomic mass is 10.1. The first-order valence-corrected chi connectivity index (χ1v) is 7.76. The molecule has 8 nitrogen and oxygen atoms in total. The maximum absolute atomic E-state index is 12.0. The van der Waals surface area contributed by atoms with Crippen molar-refractivity contribution < 1.29 is 22.3 Å². The Morgan fingerprint density at radius 3 is 2.52 bits per heavy atom. The van der Waals surface area contributed by atoms with Crippen LogP contribution in [0.1, 0.15) is 17.3 Å². The molecule has 0 bridgehead atoms. The van der Waals surface area contributed by atoms with Crippen LogP contribution in [0.25, 0.3) is 0 Å². The number of carbonyl (C=O) groups excluding carboxylic acids is 1. The summed E-state index contributed by atoms with van der Waals surface area (Å²) in [6.45, 7) is 1.34. The van der Waals surface area contributed by atoms with E-state index in [1.807, 2.05) is 0 Å². The second-order valence-electron chi connectivity index (χ2n) is 4.50. The third kappa shape index (κ3) is 4.27. The number of ketones is 1. The molecule has 0 aliphatic heterocycles. The standard InChI is InChI=1S/C14H12N2O6S/c1-10(17)11-5-4-6-12(9-11)15-23(20,21)22-14-8-3-2-7-13(14)16(18)19/h2-9,15H,1H3. The molecule has 0 radical (unpaired) electrons. The third-order valence-corrected chi connectivity index (χ3v) is 3.66.